The van der Waals surface area contributed by atoms with Gasteiger partial charge in [-0.05, 0) is 48.2 Å². The number of fused-ring (bicyclic) bond motifs is 2. The molecular weight excluding hydrogens is 332 g/mol. The van der Waals surface area contributed by atoms with E-state index in [4.69, 9.17) is 0 Å². The van der Waals surface area contributed by atoms with Gasteiger partial charge in [0.25, 0.3) is 0 Å². The molecule has 3 aromatic rings. The van der Waals surface area contributed by atoms with Gasteiger partial charge in [0.1, 0.15) is 17.5 Å². The van der Waals surface area contributed by atoms with Gasteiger partial charge in [-0.3, -0.25) is 4.99 Å². The van der Waals surface area contributed by atoms with E-state index in [1.54, 1.807) is 6.92 Å². The average Bonchev–Trinajstić information content (AvgIpc) is 3.32. The average molecular weight is 349 g/mol. The Labute approximate surface area is 150 Å². The van der Waals surface area contributed by atoms with E-state index in [1.165, 1.54) is 17.7 Å². The first-order chi connectivity index (χ1) is 12.6. The minimum absolute atomic E-state index is 0.221. The first-order valence-electron chi connectivity index (χ1n) is 8.80. The predicted octanol–water partition coefficient (Wildman–Crippen LogP) is 4.68. The number of aryl methyl sites for hydroxylation is 2. The fourth-order valence-corrected chi connectivity index (χ4v) is 3.88. The Hall–Kier alpha value is -2.82. The van der Waals surface area contributed by atoms with Crippen molar-refractivity contribution in [2.45, 2.75) is 32.9 Å². The van der Waals surface area contributed by atoms with Gasteiger partial charge in [-0.25, -0.2) is 13.8 Å². The van der Waals surface area contributed by atoms with Crippen molar-refractivity contribution in [2.24, 2.45) is 4.99 Å². The zero-order valence-electron chi connectivity index (χ0n) is 14.4. The molecule has 0 saturated heterocycles. The highest BCUT2D eigenvalue weighted by Crippen LogP contribution is 2.38. The topological polar surface area (TPSA) is 30.2 Å². The maximum Gasteiger partial charge on any atom is 0.133 e. The molecule has 0 N–H and O–H groups in total. The van der Waals surface area contributed by atoms with Gasteiger partial charge in [0.2, 0.25) is 0 Å². The molecule has 0 unspecified atom stereocenters. The number of nitrogens with zero attached hydrogens (tertiary/aromatic N) is 3. The summed E-state index contributed by atoms with van der Waals surface area (Å²) in [5, 5.41) is 0. The van der Waals surface area contributed by atoms with E-state index in [0.29, 0.717) is 17.8 Å². The largest absolute Gasteiger partial charge is 0.327 e. The summed E-state index contributed by atoms with van der Waals surface area (Å²) in [4.78, 5) is 8.99. The lowest BCUT2D eigenvalue weighted by Gasteiger charge is -2.11. The molecule has 26 heavy (non-hydrogen) atoms. The molecule has 2 aromatic carbocycles. The molecule has 0 radical (unpaired) electrons. The van der Waals surface area contributed by atoms with Gasteiger partial charge in [0, 0.05) is 30.3 Å². The highest BCUT2D eigenvalue weighted by molar-refractivity contribution is 5.88. The van der Waals surface area contributed by atoms with Gasteiger partial charge >= 0.3 is 0 Å². The van der Waals surface area contributed by atoms with Crippen LogP contribution in [0.3, 0.4) is 0 Å². The number of rotatable bonds is 2. The lowest BCUT2D eigenvalue weighted by atomic mass is 9.99. The van der Waals surface area contributed by atoms with Crippen LogP contribution in [0.25, 0.3) is 22.5 Å². The Morgan fingerprint density at radius 2 is 1.96 bits per heavy atom. The van der Waals surface area contributed by atoms with E-state index in [0.717, 1.165) is 42.0 Å². The molecule has 2 aliphatic rings. The Kier molecular flexibility index (Phi) is 3.32. The van der Waals surface area contributed by atoms with E-state index in [1.807, 2.05) is 12.3 Å². The number of hydrogen-bond donors (Lipinski definition) is 0. The van der Waals surface area contributed by atoms with Gasteiger partial charge < -0.3 is 4.57 Å². The van der Waals surface area contributed by atoms with Crippen molar-refractivity contribution < 1.29 is 8.78 Å². The fourth-order valence-electron chi connectivity index (χ4n) is 3.88. The fraction of sp³-hybridized carbons (Fsp3) is 0.238. The van der Waals surface area contributed by atoms with Gasteiger partial charge in [0.05, 0.1) is 17.9 Å². The number of imidazole rings is 1. The summed E-state index contributed by atoms with van der Waals surface area (Å²) >= 11 is 0. The molecule has 0 fully saturated rings. The van der Waals surface area contributed by atoms with Crippen LogP contribution in [0.2, 0.25) is 0 Å². The number of aromatic nitrogens is 2. The van der Waals surface area contributed by atoms with Crippen LogP contribution in [0.15, 0.2) is 35.3 Å². The van der Waals surface area contributed by atoms with Crippen molar-refractivity contribution in [3.63, 3.8) is 0 Å². The van der Waals surface area contributed by atoms with Gasteiger partial charge in [0.15, 0.2) is 0 Å². The minimum atomic E-state index is -0.440. The molecule has 5 rings (SSSR count). The Morgan fingerprint density at radius 3 is 2.85 bits per heavy atom. The summed E-state index contributed by atoms with van der Waals surface area (Å²) in [6.07, 6.45) is 3.74. The molecule has 1 aromatic heterocycles. The van der Waals surface area contributed by atoms with Crippen LogP contribution < -0.4 is 0 Å². The van der Waals surface area contributed by atoms with Crippen LogP contribution >= 0.6 is 0 Å². The smallest absolute Gasteiger partial charge is 0.133 e. The Balaban J connectivity index is 1.76. The first-order valence-corrected chi connectivity index (χ1v) is 8.80. The second-order valence-electron chi connectivity index (χ2n) is 6.95. The highest BCUT2D eigenvalue weighted by Gasteiger charge is 2.26. The molecule has 0 spiro atoms. The molecule has 0 atom stereocenters. The first kappa shape index (κ1) is 15.4. The highest BCUT2D eigenvalue weighted by atomic mass is 19.1. The van der Waals surface area contributed by atoms with E-state index in [9.17, 15) is 8.78 Å². The van der Waals surface area contributed by atoms with Crippen molar-refractivity contribution in [1.82, 2.24) is 9.55 Å². The summed E-state index contributed by atoms with van der Waals surface area (Å²) in [6, 6.07) is 8.67. The van der Waals surface area contributed by atoms with E-state index in [2.05, 4.69) is 26.7 Å². The third-order valence-corrected chi connectivity index (χ3v) is 5.24. The van der Waals surface area contributed by atoms with Crippen LogP contribution in [0.5, 0.6) is 0 Å². The van der Waals surface area contributed by atoms with Gasteiger partial charge in [-0.1, -0.05) is 12.1 Å². The zero-order valence-corrected chi connectivity index (χ0v) is 14.4. The molecule has 3 nitrogen and oxygen atoms in total. The van der Waals surface area contributed by atoms with Crippen molar-refractivity contribution in [1.29, 1.82) is 0 Å². The quantitative estimate of drug-likeness (QED) is 0.660. The zero-order chi connectivity index (χ0) is 17.8. The molecule has 5 heteroatoms. The monoisotopic (exact) mass is 349 g/mol. The molecule has 0 saturated carbocycles. The van der Waals surface area contributed by atoms with Crippen LogP contribution in [0.4, 0.5) is 8.78 Å². The summed E-state index contributed by atoms with van der Waals surface area (Å²) in [5.74, 6) is 0.0794. The minimum Gasteiger partial charge on any atom is -0.327 e. The molecule has 130 valence electrons. The SMILES string of the molecule is Cc1cc(F)c(-c2nc3n(c2-c2ccc4c(c2)C=NC4)CCC3)cc1F. The second-order valence-corrected chi connectivity index (χ2v) is 6.95. The Bertz CT molecular complexity index is 1080. The number of halogens is 2. The lowest BCUT2D eigenvalue weighted by molar-refractivity contribution is 0.595. The number of aliphatic imine (C=N–C) groups is 1. The second kappa shape index (κ2) is 5.59. The van der Waals surface area contributed by atoms with E-state index < -0.39 is 11.6 Å². The molecule has 2 aliphatic heterocycles. The normalized spacial score (nSPS) is 14.7. The third kappa shape index (κ3) is 2.23. The summed E-state index contributed by atoms with van der Waals surface area (Å²) in [5.41, 5.74) is 5.14. The van der Waals surface area contributed by atoms with Crippen LogP contribution in [0, 0.1) is 18.6 Å². The summed E-state index contributed by atoms with van der Waals surface area (Å²) in [6.45, 7) is 3.11. The van der Waals surface area contributed by atoms with Crippen LogP contribution in [-0.2, 0) is 19.5 Å². The number of benzene rings is 2. The third-order valence-electron chi connectivity index (χ3n) is 5.24. The van der Waals surface area contributed by atoms with Gasteiger partial charge in [-0.15, -0.1) is 0 Å². The molecular formula is C21H17F2N3. The number of hydrogen-bond acceptors (Lipinski definition) is 2. The molecule has 0 amide bonds. The van der Waals surface area contributed by atoms with E-state index >= 15 is 0 Å². The maximum atomic E-state index is 14.7. The van der Waals surface area contributed by atoms with Crippen molar-refractivity contribution in [2.75, 3.05) is 0 Å². The molecule has 3 heterocycles. The van der Waals surface area contributed by atoms with Crippen molar-refractivity contribution >= 4 is 6.21 Å². The van der Waals surface area contributed by atoms with Crippen LogP contribution in [-0.4, -0.2) is 15.8 Å². The van der Waals surface area contributed by atoms with Crippen LogP contribution in [0.1, 0.15) is 28.9 Å². The summed E-state index contributed by atoms with van der Waals surface area (Å²) in [7, 11) is 0. The summed E-state index contributed by atoms with van der Waals surface area (Å²) < 4.78 is 30.9. The van der Waals surface area contributed by atoms with E-state index in [-0.39, 0.29) is 5.56 Å². The standard InChI is InChI=1S/C21H17F2N3/c1-12-7-18(23)16(9-17(12)22)20-21(26-6-2-3-19(26)25-20)13-4-5-14-10-24-11-15(14)8-13/h4-5,7-9,11H,2-3,6,10H2,1H3. The lowest BCUT2D eigenvalue weighted by Crippen LogP contribution is -1.98. The van der Waals surface area contributed by atoms with Crippen molar-refractivity contribution in [3.8, 4) is 22.5 Å². The van der Waals surface area contributed by atoms with Crippen molar-refractivity contribution in [3.05, 3.63) is 64.5 Å². The van der Waals surface area contributed by atoms with Gasteiger partial charge in [-0.2, -0.15) is 0 Å². The molecule has 0 aliphatic carbocycles. The maximum absolute atomic E-state index is 14.7. The predicted molar refractivity (Wildman–Crippen MR) is 97.4 cm³/mol. The Morgan fingerprint density at radius 1 is 1.08 bits per heavy atom. The molecule has 0 bridgehead atoms.